The molecular weight excluding hydrogens is 308 g/mol. The molecule has 0 unspecified atom stereocenters. The zero-order valence-corrected chi connectivity index (χ0v) is 13.7. The Balaban J connectivity index is 1.71. The monoisotopic (exact) mass is 326 g/mol. The van der Waals surface area contributed by atoms with E-state index in [0.29, 0.717) is 22.8 Å². The van der Waals surface area contributed by atoms with Crippen molar-refractivity contribution in [3.8, 4) is 5.75 Å². The summed E-state index contributed by atoms with van der Waals surface area (Å²) in [5.41, 5.74) is 3.75. The maximum Gasteiger partial charge on any atom is 0.243 e. The Labute approximate surface area is 138 Å². The molecule has 8 heteroatoms. The summed E-state index contributed by atoms with van der Waals surface area (Å²) in [6.45, 7) is 3.90. The van der Waals surface area contributed by atoms with E-state index >= 15 is 0 Å². The Morgan fingerprint density at radius 3 is 2.88 bits per heavy atom. The van der Waals surface area contributed by atoms with Gasteiger partial charge >= 0.3 is 0 Å². The predicted molar refractivity (Wildman–Crippen MR) is 90.4 cm³/mol. The Morgan fingerprint density at radius 1 is 1.25 bits per heavy atom. The van der Waals surface area contributed by atoms with E-state index in [-0.39, 0.29) is 12.5 Å². The third-order valence-corrected chi connectivity index (χ3v) is 3.46. The van der Waals surface area contributed by atoms with Crippen molar-refractivity contribution >= 4 is 22.9 Å². The van der Waals surface area contributed by atoms with Gasteiger partial charge in [0.2, 0.25) is 11.6 Å². The summed E-state index contributed by atoms with van der Waals surface area (Å²) < 4.78 is 6.83. The summed E-state index contributed by atoms with van der Waals surface area (Å²) in [5.74, 6) is 0.430. The molecule has 0 aliphatic heterocycles. The highest BCUT2D eigenvalue weighted by molar-refractivity contribution is 5.95. The average Bonchev–Trinajstić information content (AvgIpc) is 3.01. The van der Waals surface area contributed by atoms with Gasteiger partial charge in [0.05, 0.1) is 30.7 Å². The van der Waals surface area contributed by atoms with Crippen molar-refractivity contribution < 1.29 is 9.53 Å². The second kappa shape index (κ2) is 6.53. The molecular formula is C16H18N6O2. The number of carbonyl (C=O) groups excluding carboxylic acids is 1. The second-order valence-corrected chi connectivity index (χ2v) is 5.40. The highest BCUT2D eigenvalue weighted by Crippen LogP contribution is 2.25. The Hall–Kier alpha value is -3.16. The first-order valence-corrected chi connectivity index (χ1v) is 7.43. The number of hydrogen-bond donors (Lipinski definition) is 2. The molecule has 0 aliphatic rings. The minimum Gasteiger partial charge on any atom is -0.495 e. The van der Waals surface area contributed by atoms with Crippen LogP contribution in [0.2, 0.25) is 0 Å². The number of rotatable bonds is 5. The first-order chi connectivity index (χ1) is 11.6. The smallest absolute Gasteiger partial charge is 0.243 e. The average molecular weight is 326 g/mol. The van der Waals surface area contributed by atoms with Crippen LogP contribution in [0.25, 0.3) is 5.65 Å². The molecule has 2 N–H and O–H groups in total. The normalized spacial score (nSPS) is 10.6. The first-order valence-electron chi connectivity index (χ1n) is 7.43. The standard InChI is InChI=1S/C16H18N6O2/c1-10-4-5-14(24-3)12(6-10)19-15(23)8-17-13-7-11(2)21-22-9-18-20-16(13)22/h4-7,9,17H,8H2,1-3H3,(H,19,23). The molecule has 0 fully saturated rings. The minimum absolute atomic E-state index is 0.0864. The van der Waals surface area contributed by atoms with Crippen molar-refractivity contribution in [1.82, 2.24) is 19.8 Å². The summed E-state index contributed by atoms with van der Waals surface area (Å²) in [6, 6.07) is 7.44. The highest BCUT2D eigenvalue weighted by atomic mass is 16.5. The fourth-order valence-electron chi connectivity index (χ4n) is 2.37. The molecule has 1 aromatic carbocycles. The zero-order valence-electron chi connectivity index (χ0n) is 13.7. The van der Waals surface area contributed by atoms with Crippen molar-refractivity contribution in [3.63, 3.8) is 0 Å². The van der Waals surface area contributed by atoms with Gasteiger partial charge < -0.3 is 15.4 Å². The van der Waals surface area contributed by atoms with Crippen LogP contribution in [0.15, 0.2) is 30.6 Å². The topological polar surface area (TPSA) is 93.4 Å². The third-order valence-electron chi connectivity index (χ3n) is 3.46. The number of methoxy groups -OCH3 is 1. The van der Waals surface area contributed by atoms with Crippen molar-refractivity contribution in [2.24, 2.45) is 0 Å². The van der Waals surface area contributed by atoms with Crippen LogP contribution in [0.1, 0.15) is 11.3 Å². The number of amides is 1. The van der Waals surface area contributed by atoms with Crippen LogP contribution in [-0.4, -0.2) is 39.4 Å². The van der Waals surface area contributed by atoms with Gasteiger partial charge in [0.25, 0.3) is 0 Å². The van der Waals surface area contributed by atoms with Gasteiger partial charge in [-0.1, -0.05) is 6.07 Å². The lowest BCUT2D eigenvalue weighted by Crippen LogP contribution is -2.22. The molecule has 24 heavy (non-hydrogen) atoms. The summed E-state index contributed by atoms with van der Waals surface area (Å²) in [6.07, 6.45) is 1.52. The van der Waals surface area contributed by atoms with Crippen molar-refractivity contribution in [3.05, 3.63) is 41.9 Å². The summed E-state index contributed by atoms with van der Waals surface area (Å²) in [7, 11) is 1.57. The van der Waals surface area contributed by atoms with Gasteiger partial charge in [0.1, 0.15) is 12.1 Å². The predicted octanol–water partition coefficient (Wildman–Crippen LogP) is 1.80. The molecule has 0 spiro atoms. The van der Waals surface area contributed by atoms with Gasteiger partial charge in [-0.3, -0.25) is 4.79 Å². The van der Waals surface area contributed by atoms with Gasteiger partial charge in [-0.25, -0.2) is 0 Å². The van der Waals surface area contributed by atoms with Crippen molar-refractivity contribution in [2.45, 2.75) is 13.8 Å². The van der Waals surface area contributed by atoms with Gasteiger partial charge in [0.15, 0.2) is 0 Å². The SMILES string of the molecule is COc1ccc(C)cc1NC(=O)CNc1cc(C)nn2cnnc12. The Morgan fingerprint density at radius 2 is 2.08 bits per heavy atom. The van der Waals surface area contributed by atoms with E-state index in [1.165, 1.54) is 6.33 Å². The third kappa shape index (κ3) is 3.27. The maximum absolute atomic E-state index is 12.2. The number of nitrogens with one attached hydrogen (secondary N) is 2. The number of nitrogens with zero attached hydrogens (tertiary/aromatic N) is 4. The van der Waals surface area contributed by atoms with Gasteiger partial charge in [-0.15, -0.1) is 10.2 Å². The van der Waals surface area contributed by atoms with Crippen LogP contribution in [0, 0.1) is 13.8 Å². The Kier molecular flexibility index (Phi) is 4.28. The highest BCUT2D eigenvalue weighted by Gasteiger charge is 2.10. The number of ether oxygens (including phenoxy) is 1. The molecule has 3 rings (SSSR count). The second-order valence-electron chi connectivity index (χ2n) is 5.40. The summed E-state index contributed by atoms with van der Waals surface area (Å²) >= 11 is 0. The van der Waals surface area contributed by atoms with Crippen molar-refractivity contribution in [1.29, 1.82) is 0 Å². The van der Waals surface area contributed by atoms with E-state index < -0.39 is 0 Å². The van der Waals surface area contributed by atoms with E-state index in [0.717, 1.165) is 11.3 Å². The summed E-state index contributed by atoms with van der Waals surface area (Å²) in [4.78, 5) is 12.2. The number of anilines is 2. The van der Waals surface area contributed by atoms with Crippen LogP contribution >= 0.6 is 0 Å². The van der Waals surface area contributed by atoms with Gasteiger partial charge in [-0.2, -0.15) is 9.61 Å². The van der Waals surface area contributed by atoms with E-state index in [4.69, 9.17) is 4.74 Å². The number of aromatic nitrogens is 4. The molecule has 1 amide bonds. The van der Waals surface area contributed by atoms with Gasteiger partial charge in [0, 0.05) is 0 Å². The van der Waals surface area contributed by atoms with Crippen molar-refractivity contribution in [2.75, 3.05) is 24.3 Å². The zero-order chi connectivity index (χ0) is 17.1. The largest absolute Gasteiger partial charge is 0.495 e. The molecule has 3 aromatic rings. The quantitative estimate of drug-likeness (QED) is 0.742. The maximum atomic E-state index is 12.2. The van der Waals surface area contributed by atoms with E-state index in [2.05, 4.69) is 25.9 Å². The van der Waals surface area contributed by atoms with E-state index in [1.807, 2.05) is 38.1 Å². The molecule has 0 saturated heterocycles. The molecule has 0 atom stereocenters. The number of aryl methyl sites for hydroxylation is 2. The van der Waals surface area contributed by atoms with Gasteiger partial charge in [-0.05, 0) is 37.6 Å². The Bertz CT molecular complexity index is 889. The number of benzene rings is 1. The van der Waals surface area contributed by atoms with E-state index in [1.54, 1.807) is 11.6 Å². The number of carbonyl (C=O) groups is 1. The lowest BCUT2D eigenvalue weighted by atomic mass is 10.2. The molecule has 124 valence electrons. The lowest BCUT2D eigenvalue weighted by molar-refractivity contribution is -0.114. The van der Waals surface area contributed by atoms with Crippen LogP contribution in [0.4, 0.5) is 11.4 Å². The molecule has 2 aromatic heterocycles. The molecule has 8 nitrogen and oxygen atoms in total. The molecule has 0 aliphatic carbocycles. The van der Waals surface area contributed by atoms with E-state index in [9.17, 15) is 4.79 Å². The summed E-state index contributed by atoms with van der Waals surface area (Å²) in [5, 5.41) is 18.0. The van der Waals surface area contributed by atoms with Crippen LogP contribution in [-0.2, 0) is 4.79 Å². The number of fused-ring (bicyclic) bond motifs is 1. The minimum atomic E-state index is -0.189. The fourth-order valence-corrected chi connectivity index (χ4v) is 2.37. The first kappa shape index (κ1) is 15.7. The van der Waals surface area contributed by atoms with Crippen LogP contribution in [0.3, 0.4) is 0 Å². The fraction of sp³-hybridized carbons (Fsp3) is 0.250. The molecule has 0 saturated carbocycles. The van der Waals surface area contributed by atoms with Crippen LogP contribution < -0.4 is 15.4 Å². The molecule has 0 radical (unpaired) electrons. The molecule has 2 heterocycles. The lowest BCUT2D eigenvalue weighted by Gasteiger charge is -2.12. The number of hydrogen-bond acceptors (Lipinski definition) is 6. The van der Waals surface area contributed by atoms with Crippen LogP contribution in [0.5, 0.6) is 5.75 Å². The molecule has 0 bridgehead atoms.